The van der Waals surface area contributed by atoms with E-state index in [4.69, 9.17) is 21.6 Å². The van der Waals surface area contributed by atoms with Crippen LogP contribution < -0.4 is 15.4 Å². The third-order valence-electron chi connectivity index (χ3n) is 4.23. The van der Waals surface area contributed by atoms with Gasteiger partial charge in [0.15, 0.2) is 0 Å². The van der Waals surface area contributed by atoms with Crippen LogP contribution in [0.2, 0.25) is 5.02 Å². The van der Waals surface area contributed by atoms with Crippen molar-refractivity contribution in [2.45, 2.75) is 32.7 Å². The maximum Gasteiger partial charge on any atom is 0.253 e. The molecule has 2 aromatic carbocycles. The molecule has 0 aliphatic heterocycles. The summed E-state index contributed by atoms with van der Waals surface area (Å²) in [6.45, 7) is 7.00. The first kappa shape index (κ1) is 20.6. The summed E-state index contributed by atoms with van der Waals surface area (Å²) in [6.07, 6.45) is 0.829. The first-order valence-corrected chi connectivity index (χ1v) is 9.21. The van der Waals surface area contributed by atoms with Crippen LogP contribution in [0.3, 0.4) is 0 Å². The molecule has 5 nitrogen and oxygen atoms in total. The Bertz CT molecular complexity index is 826. The van der Waals surface area contributed by atoms with E-state index in [0.29, 0.717) is 35.1 Å². The zero-order valence-electron chi connectivity index (χ0n) is 15.8. The lowest BCUT2D eigenvalue weighted by Gasteiger charge is -2.24. The number of amides is 1. The lowest BCUT2D eigenvalue weighted by atomic mass is 10.0. The van der Waals surface area contributed by atoms with Gasteiger partial charge in [-0.1, -0.05) is 18.5 Å². The molecule has 0 atom stereocenters. The van der Waals surface area contributed by atoms with E-state index in [-0.39, 0.29) is 11.4 Å². The van der Waals surface area contributed by atoms with Gasteiger partial charge in [0.25, 0.3) is 5.91 Å². The highest BCUT2D eigenvalue weighted by molar-refractivity contribution is 6.34. The molecule has 0 fully saturated rings. The number of rotatable bonds is 8. The van der Waals surface area contributed by atoms with Gasteiger partial charge >= 0.3 is 0 Å². The molecule has 0 saturated heterocycles. The van der Waals surface area contributed by atoms with Crippen molar-refractivity contribution in [1.82, 2.24) is 5.32 Å². The Morgan fingerprint density at radius 2 is 1.93 bits per heavy atom. The van der Waals surface area contributed by atoms with Crippen molar-refractivity contribution < 1.29 is 9.53 Å². The monoisotopic (exact) mass is 385 g/mol. The third kappa shape index (κ3) is 6.19. The molecule has 2 N–H and O–H groups in total. The smallest absolute Gasteiger partial charge is 0.253 e. The average molecular weight is 386 g/mol. The summed E-state index contributed by atoms with van der Waals surface area (Å²) in [5, 5.41) is 15.4. The molecule has 0 spiro atoms. The van der Waals surface area contributed by atoms with Crippen LogP contribution in [-0.4, -0.2) is 24.6 Å². The van der Waals surface area contributed by atoms with E-state index in [0.717, 1.165) is 12.1 Å². The molecule has 27 heavy (non-hydrogen) atoms. The minimum absolute atomic E-state index is 0.178. The molecule has 142 valence electrons. The molecule has 6 heteroatoms. The Hall–Kier alpha value is -2.71. The second-order valence-electron chi connectivity index (χ2n) is 6.80. The average Bonchev–Trinajstić information content (AvgIpc) is 2.65. The Labute approximate surface area is 165 Å². The van der Waals surface area contributed by atoms with Crippen molar-refractivity contribution >= 4 is 23.2 Å². The number of carbonyl (C=O) groups is 1. The lowest BCUT2D eigenvalue weighted by Crippen LogP contribution is -2.42. The molecule has 1 amide bonds. The Kier molecular flexibility index (Phi) is 7.09. The highest BCUT2D eigenvalue weighted by Crippen LogP contribution is 2.22. The fourth-order valence-electron chi connectivity index (χ4n) is 2.26. The van der Waals surface area contributed by atoms with Crippen LogP contribution in [0.15, 0.2) is 42.5 Å². The van der Waals surface area contributed by atoms with Gasteiger partial charge in [-0.3, -0.25) is 4.79 Å². The van der Waals surface area contributed by atoms with E-state index >= 15 is 0 Å². The molecule has 0 aliphatic rings. The second kappa shape index (κ2) is 9.29. The zero-order chi connectivity index (χ0) is 19.9. The van der Waals surface area contributed by atoms with E-state index in [1.807, 2.05) is 26.8 Å². The van der Waals surface area contributed by atoms with Gasteiger partial charge in [0, 0.05) is 17.8 Å². The summed E-state index contributed by atoms with van der Waals surface area (Å²) in [7, 11) is 0. The van der Waals surface area contributed by atoms with E-state index < -0.39 is 0 Å². The van der Waals surface area contributed by atoms with Gasteiger partial charge in [0.2, 0.25) is 0 Å². The first-order valence-electron chi connectivity index (χ1n) is 8.83. The number of halogens is 1. The lowest BCUT2D eigenvalue weighted by molar-refractivity contribution is 0.0911. The number of ether oxygens (including phenoxy) is 1. The molecule has 2 aromatic rings. The molecule has 0 heterocycles. The van der Waals surface area contributed by atoms with E-state index in [1.165, 1.54) is 0 Å². The zero-order valence-corrected chi connectivity index (χ0v) is 16.6. The van der Waals surface area contributed by atoms with Gasteiger partial charge in [-0.05, 0) is 62.7 Å². The number of carbonyl (C=O) groups excluding carboxylic acids is 1. The number of hydrogen-bond donors (Lipinski definition) is 2. The van der Waals surface area contributed by atoms with Crippen LogP contribution in [0, 0.1) is 11.3 Å². The van der Waals surface area contributed by atoms with Gasteiger partial charge < -0.3 is 15.4 Å². The first-order chi connectivity index (χ1) is 12.8. The van der Waals surface area contributed by atoms with Crippen LogP contribution >= 0.6 is 11.6 Å². The predicted molar refractivity (Wildman–Crippen MR) is 108 cm³/mol. The SMILES string of the molecule is CCC(C)(C)NC(=O)c1ccc(NCCOc2ccc(C#N)cc2)cc1Cl. The fraction of sp³-hybridized carbons (Fsp3) is 0.333. The fourth-order valence-corrected chi connectivity index (χ4v) is 2.53. The van der Waals surface area contributed by atoms with E-state index in [1.54, 1.807) is 36.4 Å². The predicted octanol–water partition coefficient (Wildman–Crippen LogP) is 4.62. The van der Waals surface area contributed by atoms with Crippen molar-refractivity contribution in [3.05, 3.63) is 58.6 Å². The van der Waals surface area contributed by atoms with Crippen molar-refractivity contribution in [3.63, 3.8) is 0 Å². The van der Waals surface area contributed by atoms with E-state index in [9.17, 15) is 4.79 Å². The second-order valence-corrected chi connectivity index (χ2v) is 7.20. The van der Waals surface area contributed by atoms with E-state index in [2.05, 4.69) is 16.7 Å². The highest BCUT2D eigenvalue weighted by atomic mass is 35.5. The minimum atomic E-state index is -0.278. The van der Waals surface area contributed by atoms with Crippen LogP contribution in [0.5, 0.6) is 5.75 Å². The highest BCUT2D eigenvalue weighted by Gasteiger charge is 2.20. The van der Waals surface area contributed by atoms with Gasteiger partial charge in [0.05, 0.1) is 22.2 Å². The van der Waals surface area contributed by atoms with Crippen LogP contribution in [0.4, 0.5) is 5.69 Å². The molecular formula is C21H24ClN3O2. The molecular weight excluding hydrogens is 362 g/mol. The molecule has 0 unspecified atom stereocenters. The van der Waals surface area contributed by atoms with Crippen LogP contribution in [0.1, 0.15) is 43.1 Å². The van der Waals surface area contributed by atoms with Gasteiger partial charge in [-0.15, -0.1) is 0 Å². The van der Waals surface area contributed by atoms with Crippen LogP contribution in [0.25, 0.3) is 0 Å². The number of nitrogens with one attached hydrogen (secondary N) is 2. The van der Waals surface area contributed by atoms with Gasteiger partial charge in [0.1, 0.15) is 12.4 Å². The van der Waals surface area contributed by atoms with Gasteiger partial charge in [-0.2, -0.15) is 5.26 Å². The quantitative estimate of drug-likeness (QED) is 0.650. The summed E-state index contributed by atoms with van der Waals surface area (Å²) in [6, 6.07) is 14.3. The maximum atomic E-state index is 12.4. The Balaban J connectivity index is 1.86. The van der Waals surface area contributed by atoms with Crippen molar-refractivity contribution in [2.24, 2.45) is 0 Å². The van der Waals surface area contributed by atoms with Crippen molar-refractivity contribution in [1.29, 1.82) is 5.26 Å². The molecule has 0 aliphatic carbocycles. The standard InChI is InChI=1S/C21H24ClN3O2/c1-4-21(2,3)25-20(26)18-10-7-16(13-19(18)22)24-11-12-27-17-8-5-15(14-23)6-9-17/h5-10,13,24H,4,11-12H2,1-3H3,(H,25,26). The topological polar surface area (TPSA) is 74.2 Å². The number of anilines is 1. The maximum absolute atomic E-state index is 12.4. The third-order valence-corrected chi connectivity index (χ3v) is 4.55. The molecule has 2 rings (SSSR count). The molecule has 0 saturated carbocycles. The van der Waals surface area contributed by atoms with Gasteiger partial charge in [-0.25, -0.2) is 0 Å². The van der Waals surface area contributed by atoms with Crippen molar-refractivity contribution in [3.8, 4) is 11.8 Å². The number of hydrogen-bond acceptors (Lipinski definition) is 4. The van der Waals surface area contributed by atoms with Crippen LogP contribution in [-0.2, 0) is 0 Å². The summed E-state index contributed by atoms with van der Waals surface area (Å²) in [5.41, 5.74) is 1.59. The summed E-state index contributed by atoms with van der Waals surface area (Å²) in [4.78, 5) is 12.4. The largest absolute Gasteiger partial charge is 0.492 e. The summed E-state index contributed by atoms with van der Waals surface area (Å²) < 4.78 is 5.62. The summed E-state index contributed by atoms with van der Waals surface area (Å²) >= 11 is 6.28. The Morgan fingerprint density at radius 3 is 2.52 bits per heavy atom. The number of benzene rings is 2. The number of nitriles is 1. The molecule has 0 radical (unpaired) electrons. The normalized spacial score (nSPS) is 10.8. The molecule has 0 aromatic heterocycles. The minimum Gasteiger partial charge on any atom is -0.492 e. The number of nitrogens with zero attached hydrogens (tertiary/aromatic N) is 1. The molecule has 0 bridgehead atoms. The Morgan fingerprint density at radius 1 is 1.22 bits per heavy atom. The summed E-state index contributed by atoms with van der Waals surface area (Å²) in [5.74, 6) is 0.530. The van der Waals surface area contributed by atoms with Crippen molar-refractivity contribution in [2.75, 3.05) is 18.5 Å².